The molecule has 1 aliphatic rings. The molecule has 0 saturated carbocycles. The molecule has 1 aromatic carbocycles. The maximum absolute atomic E-state index is 11.9. The van der Waals surface area contributed by atoms with Crippen LogP contribution in [-0.4, -0.2) is 30.6 Å². The van der Waals surface area contributed by atoms with Crippen LogP contribution in [0.5, 0.6) is 0 Å². The zero-order valence-corrected chi connectivity index (χ0v) is 9.83. The molecule has 1 aliphatic heterocycles. The molecule has 2 unspecified atom stereocenters. The highest BCUT2D eigenvalue weighted by Crippen LogP contribution is 2.28. The second-order valence-electron chi connectivity index (χ2n) is 3.20. The van der Waals surface area contributed by atoms with Gasteiger partial charge in [0.25, 0.3) is 0 Å². The van der Waals surface area contributed by atoms with Gasteiger partial charge in [0.05, 0.1) is 4.90 Å². The number of nitrogens with zero attached hydrogens (tertiary/aromatic N) is 1. The molecule has 0 aromatic heterocycles. The maximum Gasteiger partial charge on any atom is 0.243 e. The Hall–Kier alpha value is -0.390. The number of hydrogen-bond donors (Lipinski definition) is 0. The highest BCUT2D eigenvalue weighted by Gasteiger charge is 2.43. The van der Waals surface area contributed by atoms with Gasteiger partial charge in [-0.15, -0.1) is 0 Å². The lowest BCUT2D eigenvalue weighted by Crippen LogP contribution is -2.14. The molecule has 76 valence electrons. The van der Waals surface area contributed by atoms with Gasteiger partial charge in [-0.25, -0.2) is 8.42 Å². The number of benzene rings is 1. The molecule has 0 aliphatic carbocycles. The van der Waals surface area contributed by atoms with Crippen LogP contribution in [0.4, 0.5) is 0 Å². The average molecular weight is 276 g/mol. The molecule has 0 bridgehead atoms. The third-order valence-corrected chi connectivity index (χ3v) is 4.87. The summed E-state index contributed by atoms with van der Waals surface area (Å²) in [5, 5.41) is 0.707. The normalized spacial score (nSPS) is 26.1. The van der Waals surface area contributed by atoms with E-state index >= 15 is 0 Å². The molecule has 5 heteroatoms. The zero-order valence-electron chi connectivity index (χ0n) is 7.43. The summed E-state index contributed by atoms with van der Waals surface area (Å²) < 4.78 is 25.2. The molecule has 2 rings (SSSR count). The van der Waals surface area contributed by atoms with Crippen LogP contribution in [0, 0.1) is 0 Å². The molecule has 0 amide bonds. The topological polar surface area (TPSA) is 37.1 Å². The minimum absolute atomic E-state index is 0.139. The Labute approximate surface area is 91.9 Å². The number of halogens is 1. The Morgan fingerprint density at radius 2 is 2.00 bits per heavy atom. The lowest BCUT2D eigenvalue weighted by Gasteiger charge is -2.04. The van der Waals surface area contributed by atoms with E-state index in [-0.39, 0.29) is 6.04 Å². The van der Waals surface area contributed by atoms with Crippen molar-refractivity contribution < 1.29 is 8.42 Å². The van der Waals surface area contributed by atoms with Gasteiger partial charge in [-0.1, -0.05) is 34.1 Å². The van der Waals surface area contributed by atoms with Crippen LogP contribution < -0.4 is 0 Å². The molecule has 2 atom stereocenters. The van der Waals surface area contributed by atoms with Crippen molar-refractivity contribution in [3.8, 4) is 0 Å². The third-order valence-electron chi connectivity index (χ3n) is 2.19. The molecule has 1 saturated heterocycles. The molecule has 1 heterocycles. The van der Waals surface area contributed by atoms with E-state index in [0.717, 1.165) is 0 Å². The minimum Gasteiger partial charge on any atom is -0.207 e. The number of rotatable bonds is 3. The molecule has 3 nitrogen and oxygen atoms in total. The molecule has 0 N–H and O–H groups in total. The summed E-state index contributed by atoms with van der Waals surface area (Å²) in [6.45, 7) is 0.627. The van der Waals surface area contributed by atoms with Gasteiger partial charge in [-0.05, 0) is 12.1 Å². The standard InChI is InChI=1S/C9H10BrNO2S/c10-6-8-7-11(8)14(12,13)9-4-2-1-3-5-9/h1-5,8H,6-7H2. The molecular weight excluding hydrogens is 266 g/mol. The molecule has 1 fully saturated rings. The first-order valence-electron chi connectivity index (χ1n) is 4.29. The summed E-state index contributed by atoms with van der Waals surface area (Å²) >= 11 is 3.28. The number of sulfonamides is 1. The van der Waals surface area contributed by atoms with E-state index in [0.29, 0.717) is 16.8 Å². The first kappa shape index (κ1) is 10.1. The quantitative estimate of drug-likeness (QED) is 0.619. The fourth-order valence-electron chi connectivity index (χ4n) is 1.31. The SMILES string of the molecule is O=S(=O)(c1ccccc1)N1CC1CBr. The molecule has 0 radical (unpaired) electrons. The summed E-state index contributed by atoms with van der Waals surface area (Å²) in [7, 11) is -3.22. The lowest BCUT2D eigenvalue weighted by atomic mass is 10.4. The van der Waals surface area contributed by atoms with E-state index in [1.54, 1.807) is 24.3 Å². The Balaban J connectivity index is 2.27. The van der Waals surface area contributed by atoms with Crippen molar-refractivity contribution in [2.45, 2.75) is 10.9 Å². The number of hydrogen-bond acceptors (Lipinski definition) is 2. The highest BCUT2D eigenvalue weighted by molar-refractivity contribution is 9.09. The van der Waals surface area contributed by atoms with Crippen LogP contribution in [0.15, 0.2) is 35.2 Å². The smallest absolute Gasteiger partial charge is 0.207 e. The van der Waals surface area contributed by atoms with E-state index in [9.17, 15) is 8.42 Å². The van der Waals surface area contributed by atoms with Crippen LogP contribution in [0.25, 0.3) is 0 Å². The van der Waals surface area contributed by atoms with Crippen molar-refractivity contribution in [3.63, 3.8) is 0 Å². The molecular formula is C9H10BrNO2S. The summed E-state index contributed by atoms with van der Waals surface area (Å²) in [6.07, 6.45) is 0. The van der Waals surface area contributed by atoms with Crippen molar-refractivity contribution in [2.24, 2.45) is 0 Å². The van der Waals surface area contributed by atoms with E-state index in [4.69, 9.17) is 0 Å². The lowest BCUT2D eigenvalue weighted by molar-refractivity contribution is 0.556. The van der Waals surface area contributed by atoms with Crippen molar-refractivity contribution in [2.75, 3.05) is 11.9 Å². The molecule has 0 spiro atoms. The Bertz CT molecular complexity index is 418. The second kappa shape index (κ2) is 3.64. The fraction of sp³-hybridized carbons (Fsp3) is 0.333. The molecule has 14 heavy (non-hydrogen) atoms. The maximum atomic E-state index is 11.9. The first-order valence-corrected chi connectivity index (χ1v) is 6.85. The van der Waals surface area contributed by atoms with Gasteiger partial charge in [0, 0.05) is 17.9 Å². The van der Waals surface area contributed by atoms with Crippen molar-refractivity contribution >= 4 is 26.0 Å². The van der Waals surface area contributed by atoms with Crippen molar-refractivity contribution in [1.82, 2.24) is 4.31 Å². The van der Waals surface area contributed by atoms with Crippen molar-refractivity contribution in [1.29, 1.82) is 0 Å². The summed E-state index contributed by atoms with van der Waals surface area (Å²) in [4.78, 5) is 0.378. The van der Waals surface area contributed by atoms with Crippen LogP contribution in [-0.2, 0) is 10.0 Å². The fourth-order valence-corrected chi connectivity index (χ4v) is 3.66. The van der Waals surface area contributed by atoms with E-state index < -0.39 is 10.0 Å². The summed E-state index contributed by atoms with van der Waals surface area (Å²) in [5.41, 5.74) is 0. The summed E-state index contributed by atoms with van der Waals surface area (Å²) in [5.74, 6) is 0. The highest BCUT2D eigenvalue weighted by atomic mass is 79.9. The van der Waals surface area contributed by atoms with Gasteiger partial charge < -0.3 is 0 Å². The van der Waals surface area contributed by atoms with Crippen molar-refractivity contribution in [3.05, 3.63) is 30.3 Å². The van der Waals surface area contributed by atoms with Gasteiger partial charge in [-0.3, -0.25) is 0 Å². The first-order chi connectivity index (χ1) is 6.66. The summed E-state index contributed by atoms with van der Waals surface area (Å²) in [6, 6.07) is 8.67. The molecule has 1 aromatic rings. The Morgan fingerprint density at radius 1 is 1.36 bits per heavy atom. The van der Waals surface area contributed by atoms with E-state index in [2.05, 4.69) is 15.9 Å². The van der Waals surface area contributed by atoms with Crippen LogP contribution in [0.3, 0.4) is 0 Å². The predicted molar refractivity (Wildman–Crippen MR) is 57.9 cm³/mol. The van der Waals surface area contributed by atoms with Gasteiger partial charge in [0.15, 0.2) is 0 Å². The van der Waals surface area contributed by atoms with Gasteiger partial charge in [0.2, 0.25) is 10.0 Å². The van der Waals surface area contributed by atoms with Gasteiger partial charge in [-0.2, -0.15) is 4.31 Å². The van der Waals surface area contributed by atoms with E-state index in [1.165, 1.54) is 4.31 Å². The van der Waals surface area contributed by atoms with Crippen LogP contribution in [0.1, 0.15) is 0 Å². The largest absolute Gasteiger partial charge is 0.243 e. The van der Waals surface area contributed by atoms with Gasteiger partial charge in [0.1, 0.15) is 0 Å². The minimum atomic E-state index is -3.22. The van der Waals surface area contributed by atoms with Crippen LogP contribution >= 0.6 is 15.9 Å². The average Bonchev–Trinajstić information content (AvgIpc) is 2.98. The van der Waals surface area contributed by atoms with Gasteiger partial charge >= 0.3 is 0 Å². The van der Waals surface area contributed by atoms with E-state index in [1.807, 2.05) is 6.07 Å². The second-order valence-corrected chi connectivity index (χ2v) is 5.73. The predicted octanol–water partition coefficient (Wildman–Crippen LogP) is 1.45. The Morgan fingerprint density at radius 3 is 2.50 bits per heavy atom. The number of alkyl halides is 1. The van der Waals surface area contributed by atoms with Crippen LogP contribution in [0.2, 0.25) is 0 Å². The Kier molecular flexibility index (Phi) is 2.64. The zero-order chi connectivity index (χ0) is 10.2. The third kappa shape index (κ3) is 1.71. The monoisotopic (exact) mass is 275 g/mol.